The van der Waals surface area contributed by atoms with Gasteiger partial charge in [-0.05, 0) is 31.1 Å². The largest absolute Gasteiger partial charge is 0.481 e. The first-order chi connectivity index (χ1) is 7.08. The van der Waals surface area contributed by atoms with E-state index in [9.17, 15) is 15.0 Å². The monoisotopic (exact) mass is 212 g/mol. The Morgan fingerprint density at radius 2 is 2.07 bits per heavy atom. The maximum absolute atomic E-state index is 11.5. The average molecular weight is 212 g/mol. The molecule has 0 aromatic carbocycles. The van der Waals surface area contributed by atoms with Crippen LogP contribution in [0.4, 0.5) is 0 Å². The van der Waals surface area contributed by atoms with E-state index in [2.05, 4.69) is 0 Å². The standard InChI is InChI=1S/C11H16O4/c12-9(13)11(10(14)5-15-6-10)4-7-1-2-8(11)3-7/h7-8,14H,1-6H2,(H,12,13). The number of fused-ring (bicyclic) bond motifs is 2. The van der Waals surface area contributed by atoms with Gasteiger partial charge in [0.25, 0.3) is 0 Å². The van der Waals surface area contributed by atoms with Crippen LogP contribution in [0.25, 0.3) is 0 Å². The predicted molar refractivity (Wildman–Crippen MR) is 51.3 cm³/mol. The van der Waals surface area contributed by atoms with Crippen molar-refractivity contribution in [2.45, 2.75) is 31.3 Å². The van der Waals surface area contributed by atoms with Crippen molar-refractivity contribution in [2.24, 2.45) is 17.3 Å². The molecule has 1 aliphatic heterocycles. The lowest BCUT2D eigenvalue weighted by Crippen LogP contribution is -2.66. The van der Waals surface area contributed by atoms with Crippen LogP contribution in [-0.2, 0) is 9.53 Å². The quantitative estimate of drug-likeness (QED) is 0.705. The Morgan fingerprint density at radius 3 is 2.40 bits per heavy atom. The van der Waals surface area contributed by atoms with E-state index in [0.29, 0.717) is 12.3 Å². The molecule has 3 atom stereocenters. The van der Waals surface area contributed by atoms with E-state index in [-0.39, 0.29) is 19.1 Å². The molecule has 84 valence electrons. The molecule has 0 radical (unpaired) electrons. The van der Waals surface area contributed by atoms with Gasteiger partial charge in [-0.15, -0.1) is 0 Å². The van der Waals surface area contributed by atoms with E-state index in [1.54, 1.807) is 0 Å². The highest BCUT2D eigenvalue weighted by Crippen LogP contribution is 2.61. The summed E-state index contributed by atoms with van der Waals surface area (Å²) in [5.74, 6) is -0.148. The highest BCUT2D eigenvalue weighted by molar-refractivity contribution is 5.78. The minimum atomic E-state index is -1.10. The first-order valence-corrected chi connectivity index (χ1v) is 5.62. The van der Waals surface area contributed by atoms with Crippen molar-refractivity contribution in [3.05, 3.63) is 0 Å². The fraction of sp³-hybridized carbons (Fsp3) is 0.909. The Labute approximate surface area is 88.2 Å². The van der Waals surface area contributed by atoms with Gasteiger partial charge in [-0.3, -0.25) is 4.79 Å². The molecule has 0 aromatic heterocycles. The van der Waals surface area contributed by atoms with E-state index >= 15 is 0 Å². The van der Waals surface area contributed by atoms with E-state index in [4.69, 9.17) is 4.74 Å². The molecular formula is C11H16O4. The Balaban J connectivity index is 2.00. The molecule has 4 heteroatoms. The Morgan fingerprint density at radius 1 is 1.33 bits per heavy atom. The molecular weight excluding hydrogens is 196 g/mol. The molecule has 0 amide bonds. The molecule has 1 saturated heterocycles. The molecule has 0 spiro atoms. The summed E-state index contributed by atoms with van der Waals surface area (Å²) in [5.41, 5.74) is -2.01. The van der Waals surface area contributed by atoms with E-state index in [0.717, 1.165) is 19.3 Å². The summed E-state index contributed by atoms with van der Waals surface area (Å²) < 4.78 is 5.02. The summed E-state index contributed by atoms with van der Waals surface area (Å²) in [4.78, 5) is 11.5. The predicted octanol–water partition coefficient (Wildman–Crippen LogP) is 0.639. The number of ether oxygens (including phenoxy) is 1. The molecule has 3 aliphatic rings. The van der Waals surface area contributed by atoms with Gasteiger partial charge in [-0.2, -0.15) is 0 Å². The Bertz CT molecular complexity index is 310. The first-order valence-electron chi connectivity index (χ1n) is 5.62. The number of rotatable bonds is 2. The van der Waals surface area contributed by atoms with Gasteiger partial charge in [0.1, 0.15) is 11.0 Å². The van der Waals surface area contributed by atoms with Crippen LogP contribution in [0, 0.1) is 17.3 Å². The first kappa shape index (κ1) is 9.60. The van der Waals surface area contributed by atoms with Gasteiger partial charge in [0.15, 0.2) is 0 Å². The number of carbonyl (C=O) groups is 1. The minimum Gasteiger partial charge on any atom is -0.481 e. The zero-order chi connectivity index (χ0) is 10.7. The van der Waals surface area contributed by atoms with Gasteiger partial charge in [0, 0.05) is 0 Å². The molecule has 2 N–H and O–H groups in total. The van der Waals surface area contributed by atoms with Gasteiger partial charge < -0.3 is 14.9 Å². The van der Waals surface area contributed by atoms with Crippen molar-refractivity contribution in [2.75, 3.05) is 13.2 Å². The second kappa shape index (κ2) is 2.74. The molecule has 1 heterocycles. The fourth-order valence-corrected chi connectivity index (χ4v) is 3.91. The number of aliphatic carboxylic acids is 1. The van der Waals surface area contributed by atoms with Gasteiger partial charge in [0.2, 0.25) is 0 Å². The summed E-state index contributed by atoms with van der Waals surface area (Å²) in [7, 11) is 0. The molecule has 3 fully saturated rings. The minimum absolute atomic E-state index is 0.161. The van der Waals surface area contributed by atoms with Crippen molar-refractivity contribution < 1.29 is 19.7 Å². The maximum atomic E-state index is 11.5. The molecule has 2 saturated carbocycles. The lowest BCUT2D eigenvalue weighted by atomic mass is 9.61. The third-order valence-electron chi connectivity index (χ3n) is 4.74. The highest BCUT2D eigenvalue weighted by atomic mass is 16.5. The Kier molecular flexibility index (Phi) is 1.75. The topological polar surface area (TPSA) is 66.8 Å². The molecule has 3 unspecified atom stereocenters. The van der Waals surface area contributed by atoms with Crippen LogP contribution < -0.4 is 0 Å². The van der Waals surface area contributed by atoms with Crippen molar-refractivity contribution in [1.82, 2.24) is 0 Å². The lowest BCUT2D eigenvalue weighted by Gasteiger charge is -2.51. The van der Waals surface area contributed by atoms with E-state index in [1.807, 2.05) is 0 Å². The van der Waals surface area contributed by atoms with Crippen molar-refractivity contribution in [3.8, 4) is 0 Å². The summed E-state index contributed by atoms with van der Waals surface area (Å²) in [6.45, 7) is 0.394. The van der Waals surface area contributed by atoms with Crippen LogP contribution in [0.3, 0.4) is 0 Å². The lowest BCUT2D eigenvalue weighted by molar-refractivity contribution is -0.255. The molecule has 2 bridgehead atoms. The van der Waals surface area contributed by atoms with Gasteiger partial charge in [-0.1, -0.05) is 6.42 Å². The van der Waals surface area contributed by atoms with Crippen molar-refractivity contribution in [1.29, 1.82) is 0 Å². The van der Waals surface area contributed by atoms with Gasteiger partial charge in [-0.25, -0.2) is 0 Å². The fourth-order valence-electron chi connectivity index (χ4n) is 3.91. The average Bonchev–Trinajstić information content (AvgIpc) is 2.73. The number of hydrogen-bond acceptors (Lipinski definition) is 3. The van der Waals surface area contributed by atoms with E-state index < -0.39 is 17.0 Å². The number of carboxylic acids is 1. The third kappa shape index (κ3) is 0.967. The van der Waals surface area contributed by atoms with Crippen LogP contribution in [0.2, 0.25) is 0 Å². The van der Waals surface area contributed by atoms with Crippen LogP contribution >= 0.6 is 0 Å². The summed E-state index contributed by atoms with van der Waals surface area (Å²) >= 11 is 0. The molecule has 15 heavy (non-hydrogen) atoms. The van der Waals surface area contributed by atoms with Crippen molar-refractivity contribution >= 4 is 5.97 Å². The van der Waals surface area contributed by atoms with Crippen molar-refractivity contribution in [3.63, 3.8) is 0 Å². The molecule has 0 aromatic rings. The summed E-state index contributed by atoms with van der Waals surface area (Å²) in [6, 6.07) is 0. The molecule has 4 nitrogen and oxygen atoms in total. The van der Waals surface area contributed by atoms with E-state index in [1.165, 1.54) is 0 Å². The summed E-state index contributed by atoms with van der Waals surface area (Å²) in [6.07, 6.45) is 3.72. The van der Waals surface area contributed by atoms with Gasteiger partial charge >= 0.3 is 5.97 Å². The third-order valence-corrected chi connectivity index (χ3v) is 4.74. The second-order valence-electron chi connectivity index (χ2n) is 5.38. The zero-order valence-electron chi connectivity index (χ0n) is 8.61. The molecule has 3 rings (SSSR count). The number of hydrogen-bond donors (Lipinski definition) is 2. The number of aliphatic hydroxyl groups is 1. The normalized spacial score (nSPS) is 46.5. The van der Waals surface area contributed by atoms with Gasteiger partial charge in [0.05, 0.1) is 13.2 Å². The zero-order valence-corrected chi connectivity index (χ0v) is 8.61. The van der Waals surface area contributed by atoms with Crippen LogP contribution in [0.15, 0.2) is 0 Å². The second-order valence-corrected chi connectivity index (χ2v) is 5.38. The van der Waals surface area contributed by atoms with Crippen LogP contribution in [0.1, 0.15) is 25.7 Å². The summed E-state index contributed by atoms with van der Waals surface area (Å²) in [5, 5.41) is 19.8. The van der Waals surface area contributed by atoms with Crippen LogP contribution in [0.5, 0.6) is 0 Å². The smallest absolute Gasteiger partial charge is 0.313 e. The highest BCUT2D eigenvalue weighted by Gasteiger charge is 2.68. The maximum Gasteiger partial charge on any atom is 0.313 e. The van der Waals surface area contributed by atoms with Crippen LogP contribution in [-0.4, -0.2) is 35.0 Å². The number of carboxylic acid groups (broad SMARTS) is 1. The SMILES string of the molecule is O=C(O)C1(C2(O)COC2)CC2CCC1C2. The Hall–Kier alpha value is -0.610. The molecule has 2 aliphatic carbocycles.